The minimum atomic E-state index is -0.570. The molecule has 4 N–H and O–H groups in total. The summed E-state index contributed by atoms with van der Waals surface area (Å²) in [5, 5.41) is 5.30. The molecule has 2 aromatic carbocycles. The van der Waals surface area contributed by atoms with Gasteiger partial charge in [0.25, 0.3) is 0 Å². The Morgan fingerprint density at radius 2 is 1.45 bits per heavy atom. The number of unbranched alkanes of at least 4 members (excludes halogenated alkanes) is 1. The minimum absolute atomic E-state index is 0.0247. The molecule has 0 heterocycles. The molecule has 0 aliphatic heterocycles. The Hall–Kier alpha value is -3.22. The fourth-order valence-corrected chi connectivity index (χ4v) is 2.57. The van der Waals surface area contributed by atoms with Gasteiger partial charge in [-0.05, 0) is 49.1 Å². The van der Waals surface area contributed by atoms with E-state index in [4.69, 9.17) is 15.2 Å². The van der Waals surface area contributed by atoms with Crippen LogP contribution in [0.4, 0.5) is 4.79 Å². The summed E-state index contributed by atoms with van der Waals surface area (Å²) in [7, 11) is 0. The summed E-state index contributed by atoms with van der Waals surface area (Å²) in [6.07, 6.45) is 2.62. The highest BCUT2D eigenvalue weighted by Crippen LogP contribution is 2.19. The Kier molecular flexibility index (Phi) is 9.93. The van der Waals surface area contributed by atoms with Gasteiger partial charge in [0.15, 0.2) is 0 Å². The highest BCUT2D eigenvalue weighted by molar-refractivity contribution is 5.76. The number of carbonyl (C=O) groups excluding carboxylic acids is 2. The largest absolute Gasteiger partial charge is 0.494 e. The number of urea groups is 1. The van der Waals surface area contributed by atoms with Crippen LogP contribution in [0.15, 0.2) is 54.6 Å². The maximum atomic E-state index is 11.6. The fraction of sp³-hybridized carbons (Fsp3) is 0.364. The highest BCUT2D eigenvalue weighted by Gasteiger charge is 2.01. The first kappa shape index (κ1) is 22.1. The van der Waals surface area contributed by atoms with E-state index in [-0.39, 0.29) is 5.91 Å². The predicted molar refractivity (Wildman–Crippen MR) is 112 cm³/mol. The van der Waals surface area contributed by atoms with E-state index >= 15 is 0 Å². The molecule has 3 amide bonds. The third-order valence-corrected chi connectivity index (χ3v) is 4.11. The molecule has 0 radical (unpaired) electrons. The molecule has 0 saturated carbocycles. The van der Waals surface area contributed by atoms with Crippen molar-refractivity contribution >= 4 is 11.9 Å². The smallest absolute Gasteiger partial charge is 0.312 e. The average molecular weight is 399 g/mol. The normalized spacial score (nSPS) is 10.2. The van der Waals surface area contributed by atoms with Crippen molar-refractivity contribution < 1.29 is 19.1 Å². The molecular weight excluding hydrogens is 370 g/mol. The van der Waals surface area contributed by atoms with E-state index in [1.165, 1.54) is 0 Å². The van der Waals surface area contributed by atoms with E-state index in [9.17, 15) is 9.59 Å². The predicted octanol–water partition coefficient (Wildman–Crippen LogP) is 2.99. The second kappa shape index (κ2) is 13.0. The quantitative estimate of drug-likeness (QED) is 0.451. The molecule has 0 unspecified atom stereocenters. The molecule has 7 heteroatoms. The van der Waals surface area contributed by atoms with Gasteiger partial charge < -0.3 is 25.8 Å². The van der Waals surface area contributed by atoms with Crippen molar-refractivity contribution in [3.8, 4) is 11.5 Å². The summed E-state index contributed by atoms with van der Waals surface area (Å²) in [6.45, 7) is 2.14. The third kappa shape index (κ3) is 10.0. The van der Waals surface area contributed by atoms with Gasteiger partial charge in [-0.2, -0.15) is 0 Å². The van der Waals surface area contributed by atoms with Crippen LogP contribution in [-0.4, -0.2) is 31.6 Å². The Balaban J connectivity index is 1.51. The third-order valence-electron chi connectivity index (χ3n) is 4.11. The highest BCUT2D eigenvalue weighted by atomic mass is 16.5. The molecule has 0 spiro atoms. The molecule has 2 aromatic rings. The fourth-order valence-electron chi connectivity index (χ4n) is 2.57. The molecule has 0 aliphatic carbocycles. The number of nitrogens with two attached hydrogens (primary N) is 1. The van der Waals surface area contributed by atoms with E-state index in [0.29, 0.717) is 39.1 Å². The van der Waals surface area contributed by atoms with Gasteiger partial charge in [0.2, 0.25) is 5.91 Å². The summed E-state index contributed by atoms with van der Waals surface area (Å²) in [6, 6.07) is 17.0. The van der Waals surface area contributed by atoms with Gasteiger partial charge in [-0.25, -0.2) is 4.79 Å². The summed E-state index contributed by atoms with van der Waals surface area (Å²) in [5.74, 6) is 1.57. The zero-order valence-corrected chi connectivity index (χ0v) is 16.6. The standard InChI is InChI=1S/C22H29N3O4/c23-22(27)25-15-6-9-21(26)24-14-4-5-16-28-19-10-12-20(13-11-19)29-17-18-7-2-1-3-8-18/h1-3,7-8,10-13H,4-6,9,14-17H2,(H,24,26)(H3,23,25,27). The summed E-state index contributed by atoms with van der Waals surface area (Å²) in [5.41, 5.74) is 6.08. The molecule has 156 valence electrons. The van der Waals surface area contributed by atoms with Crippen LogP contribution in [0.2, 0.25) is 0 Å². The molecule has 0 aromatic heterocycles. The number of hydrogen-bond donors (Lipinski definition) is 3. The van der Waals surface area contributed by atoms with Crippen LogP contribution in [0.1, 0.15) is 31.2 Å². The first-order chi connectivity index (χ1) is 14.1. The molecule has 0 bridgehead atoms. The molecule has 0 aliphatic rings. The Labute approximate surface area is 171 Å². The maximum absolute atomic E-state index is 11.6. The van der Waals surface area contributed by atoms with E-state index in [1.54, 1.807) is 0 Å². The molecule has 29 heavy (non-hydrogen) atoms. The van der Waals surface area contributed by atoms with Crippen molar-refractivity contribution in [2.45, 2.75) is 32.3 Å². The summed E-state index contributed by atoms with van der Waals surface area (Å²) >= 11 is 0. The number of rotatable bonds is 13. The first-order valence-electron chi connectivity index (χ1n) is 9.83. The Bertz CT molecular complexity index is 735. The molecule has 2 rings (SSSR count). The van der Waals surface area contributed by atoms with Crippen LogP contribution in [0.5, 0.6) is 11.5 Å². The number of nitrogens with one attached hydrogen (secondary N) is 2. The van der Waals surface area contributed by atoms with Crippen molar-refractivity contribution in [1.29, 1.82) is 0 Å². The number of primary amides is 1. The number of ether oxygens (including phenoxy) is 2. The van der Waals surface area contributed by atoms with Crippen molar-refractivity contribution in [2.24, 2.45) is 5.73 Å². The van der Waals surface area contributed by atoms with Gasteiger partial charge in [-0.1, -0.05) is 30.3 Å². The molecule has 7 nitrogen and oxygen atoms in total. The van der Waals surface area contributed by atoms with Gasteiger partial charge in [0, 0.05) is 19.5 Å². The molecule has 0 saturated heterocycles. The van der Waals surface area contributed by atoms with E-state index in [1.807, 2.05) is 54.6 Å². The van der Waals surface area contributed by atoms with E-state index < -0.39 is 6.03 Å². The lowest BCUT2D eigenvalue weighted by Gasteiger charge is -2.09. The number of carbonyl (C=O) groups is 2. The monoisotopic (exact) mass is 399 g/mol. The number of benzene rings is 2. The SMILES string of the molecule is NC(=O)NCCCC(=O)NCCCCOc1ccc(OCc2ccccc2)cc1. The number of amides is 3. The lowest BCUT2D eigenvalue weighted by Crippen LogP contribution is -2.31. The summed E-state index contributed by atoms with van der Waals surface area (Å²) < 4.78 is 11.5. The van der Waals surface area contributed by atoms with Crippen LogP contribution in [0.25, 0.3) is 0 Å². The number of hydrogen-bond acceptors (Lipinski definition) is 4. The Morgan fingerprint density at radius 1 is 0.793 bits per heavy atom. The van der Waals surface area contributed by atoms with E-state index in [2.05, 4.69) is 10.6 Å². The van der Waals surface area contributed by atoms with Crippen LogP contribution < -0.4 is 25.8 Å². The van der Waals surface area contributed by atoms with Crippen LogP contribution >= 0.6 is 0 Å². The zero-order chi connectivity index (χ0) is 20.7. The lowest BCUT2D eigenvalue weighted by molar-refractivity contribution is -0.121. The second-order valence-electron chi connectivity index (χ2n) is 6.55. The lowest BCUT2D eigenvalue weighted by atomic mass is 10.2. The van der Waals surface area contributed by atoms with Crippen molar-refractivity contribution in [3.63, 3.8) is 0 Å². The topological polar surface area (TPSA) is 103 Å². The van der Waals surface area contributed by atoms with Gasteiger partial charge >= 0.3 is 6.03 Å². The van der Waals surface area contributed by atoms with Crippen molar-refractivity contribution in [1.82, 2.24) is 10.6 Å². The van der Waals surface area contributed by atoms with Gasteiger partial charge in [0.05, 0.1) is 6.61 Å². The van der Waals surface area contributed by atoms with E-state index in [0.717, 1.165) is 29.9 Å². The average Bonchev–Trinajstić information content (AvgIpc) is 2.73. The zero-order valence-electron chi connectivity index (χ0n) is 16.6. The molecular formula is C22H29N3O4. The first-order valence-corrected chi connectivity index (χ1v) is 9.83. The van der Waals surface area contributed by atoms with Gasteiger partial charge in [-0.15, -0.1) is 0 Å². The molecule has 0 fully saturated rings. The summed E-state index contributed by atoms with van der Waals surface area (Å²) in [4.78, 5) is 22.1. The van der Waals surface area contributed by atoms with Crippen LogP contribution in [0.3, 0.4) is 0 Å². The maximum Gasteiger partial charge on any atom is 0.312 e. The van der Waals surface area contributed by atoms with Gasteiger partial charge in [-0.3, -0.25) is 4.79 Å². The van der Waals surface area contributed by atoms with Crippen LogP contribution in [0, 0.1) is 0 Å². The molecule has 0 atom stereocenters. The van der Waals surface area contributed by atoms with Gasteiger partial charge in [0.1, 0.15) is 18.1 Å². The van der Waals surface area contributed by atoms with Crippen LogP contribution in [-0.2, 0) is 11.4 Å². The Morgan fingerprint density at radius 3 is 2.14 bits per heavy atom. The van der Waals surface area contributed by atoms with Crippen molar-refractivity contribution in [2.75, 3.05) is 19.7 Å². The second-order valence-corrected chi connectivity index (χ2v) is 6.55. The minimum Gasteiger partial charge on any atom is -0.494 e. The van der Waals surface area contributed by atoms with Crippen molar-refractivity contribution in [3.05, 3.63) is 60.2 Å².